The predicted molar refractivity (Wildman–Crippen MR) is 169 cm³/mol. The van der Waals surface area contributed by atoms with E-state index in [0.717, 1.165) is 12.8 Å². The van der Waals surface area contributed by atoms with Crippen LogP contribution < -0.4 is 39.1 Å². The van der Waals surface area contributed by atoms with Gasteiger partial charge in [-0.3, -0.25) is 9.59 Å². The summed E-state index contributed by atoms with van der Waals surface area (Å²) in [4.78, 5) is 26.9. The van der Waals surface area contributed by atoms with Gasteiger partial charge in [0.05, 0.1) is 49.2 Å². The topological polar surface area (TPSA) is 150 Å². The van der Waals surface area contributed by atoms with Crippen LogP contribution in [-0.4, -0.2) is 104 Å². The Hall–Kier alpha value is -3.98. The lowest BCUT2D eigenvalue weighted by Gasteiger charge is -2.33. The summed E-state index contributed by atoms with van der Waals surface area (Å²) in [6.45, 7) is 6.03. The molecule has 2 amide bonds. The largest absolute Gasteiger partial charge is 0.493 e. The molecule has 14 heteroatoms. The number of rotatable bonds is 16. The van der Waals surface area contributed by atoms with Crippen LogP contribution in [0.1, 0.15) is 54.3 Å². The first-order chi connectivity index (χ1) is 22.5. The van der Waals surface area contributed by atoms with Gasteiger partial charge in [-0.2, -0.15) is 0 Å². The third kappa shape index (κ3) is 7.45. The molecular formula is C33H46N2O12. The van der Waals surface area contributed by atoms with Gasteiger partial charge in [0.2, 0.25) is 11.5 Å². The zero-order chi connectivity index (χ0) is 34.4. The van der Waals surface area contributed by atoms with Gasteiger partial charge < -0.3 is 58.0 Å². The molecule has 2 aromatic rings. The SMILES string of the molecule is CCCCO[C@@H]1O[C@H](CNC(=O)c2cc(OC)c(OC)c(OC)c2)[C@H]2OC(C)(C)O[C@@]12CNC(=O)c1cc(OC)c(OC)c(OC)c1. The van der Waals surface area contributed by atoms with Gasteiger partial charge in [-0.25, -0.2) is 0 Å². The lowest BCUT2D eigenvalue weighted by molar-refractivity contribution is -0.258. The second-order valence-corrected chi connectivity index (χ2v) is 11.4. The number of hydrogen-bond acceptors (Lipinski definition) is 12. The first-order valence-electron chi connectivity index (χ1n) is 15.3. The monoisotopic (exact) mass is 662 g/mol. The molecule has 4 rings (SSSR count). The Labute approximate surface area is 275 Å². The van der Waals surface area contributed by atoms with Gasteiger partial charge in [0.25, 0.3) is 11.8 Å². The molecule has 2 heterocycles. The average Bonchev–Trinajstić information content (AvgIpc) is 3.51. The second-order valence-electron chi connectivity index (χ2n) is 11.4. The molecule has 260 valence electrons. The number of methoxy groups -OCH3 is 6. The van der Waals surface area contributed by atoms with Crippen LogP contribution in [0.4, 0.5) is 0 Å². The Kier molecular flexibility index (Phi) is 11.7. The van der Waals surface area contributed by atoms with Gasteiger partial charge in [-0.1, -0.05) is 13.3 Å². The number of fused-ring (bicyclic) bond motifs is 1. The molecule has 2 aliphatic rings. The van der Waals surface area contributed by atoms with Gasteiger partial charge in [0, 0.05) is 24.3 Å². The van der Waals surface area contributed by atoms with Gasteiger partial charge in [-0.05, 0) is 44.5 Å². The summed E-state index contributed by atoms with van der Waals surface area (Å²) in [6, 6.07) is 6.24. The molecule has 0 aromatic heterocycles. The molecule has 4 atom stereocenters. The molecular weight excluding hydrogens is 616 g/mol. The highest BCUT2D eigenvalue weighted by Crippen LogP contribution is 2.47. The molecule has 0 unspecified atom stereocenters. The number of amides is 2. The van der Waals surface area contributed by atoms with Crippen LogP contribution in [0.25, 0.3) is 0 Å². The zero-order valence-corrected chi connectivity index (χ0v) is 28.5. The Morgan fingerprint density at radius 2 is 1.26 bits per heavy atom. The number of hydrogen-bond donors (Lipinski definition) is 2. The van der Waals surface area contributed by atoms with Crippen molar-refractivity contribution in [2.75, 3.05) is 62.4 Å². The normalized spacial score (nSPS) is 22.6. The lowest BCUT2D eigenvalue weighted by atomic mass is 9.94. The number of unbranched alkanes of at least 4 members (excludes halogenated alkanes) is 1. The molecule has 0 aliphatic carbocycles. The highest BCUT2D eigenvalue weighted by Gasteiger charge is 2.66. The maximum absolute atomic E-state index is 13.5. The van der Waals surface area contributed by atoms with E-state index < -0.39 is 41.7 Å². The minimum atomic E-state index is -1.24. The van der Waals surface area contributed by atoms with Gasteiger partial charge in [0.1, 0.15) is 12.2 Å². The van der Waals surface area contributed by atoms with Crippen LogP contribution in [0.3, 0.4) is 0 Å². The molecule has 0 saturated carbocycles. The number of carbonyl (C=O) groups excluding carboxylic acids is 2. The minimum absolute atomic E-state index is 0.0231. The van der Waals surface area contributed by atoms with Gasteiger partial charge in [0.15, 0.2) is 40.7 Å². The summed E-state index contributed by atoms with van der Waals surface area (Å²) in [7, 11) is 8.88. The molecule has 2 aliphatic heterocycles. The Bertz CT molecular complexity index is 1370. The molecule has 2 fully saturated rings. The van der Waals surface area contributed by atoms with E-state index in [-0.39, 0.29) is 18.7 Å². The van der Waals surface area contributed by atoms with Crippen molar-refractivity contribution in [3.05, 3.63) is 35.4 Å². The van der Waals surface area contributed by atoms with Crippen molar-refractivity contribution >= 4 is 11.8 Å². The van der Waals surface area contributed by atoms with Crippen LogP contribution in [0, 0.1) is 0 Å². The standard InChI is InChI=1S/C33H46N2O12/c1-10-11-12-44-31-33(18-35-30(37)20-15-23(40-6)27(43-9)24(16-20)41-7)28(46-32(2,3)47-33)25(45-31)17-34-29(36)19-13-21(38-4)26(42-8)22(14-19)39-5/h13-16,25,28,31H,10-12,17-18H2,1-9H3,(H,34,36)(H,35,37)/t25-,28-,31-,33-/m1/s1. The summed E-state index contributed by atoms with van der Waals surface area (Å²) in [6.07, 6.45) is -0.634. The summed E-state index contributed by atoms with van der Waals surface area (Å²) < 4.78 is 57.8. The molecule has 0 bridgehead atoms. The quantitative estimate of drug-likeness (QED) is 0.254. The molecule has 47 heavy (non-hydrogen) atoms. The van der Waals surface area contributed by atoms with Crippen LogP contribution in [0.5, 0.6) is 34.5 Å². The Balaban J connectivity index is 1.58. The van der Waals surface area contributed by atoms with Crippen molar-refractivity contribution in [2.45, 2.75) is 63.5 Å². The molecule has 0 spiro atoms. The fraction of sp³-hybridized carbons (Fsp3) is 0.576. The third-order valence-corrected chi connectivity index (χ3v) is 7.97. The summed E-state index contributed by atoms with van der Waals surface area (Å²) in [5, 5.41) is 5.88. The van der Waals surface area contributed by atoms with Crippen LogP contribution >= 0.6 is 0 Å². The van der Waals surface area contributed by atoms with E-state index in [9.17, 15) is 9.59 Å². The highest BCUT2D eigenvalue weighted by atomic mass is 16.8. The summed E-state index contributed by atoms with van der Waals surface area (Å²) >= 11 is 0. The van der Waals surface area contributed by atoms with E-state index in [2.05, 4.69) is 17.6 Å². The minimum Gasteiger partial charge on any atom is -0.493 e. The number of carbonyl (C=O) groups is 2. The van der Waals surface area contributed by atoms with Gasteiger partial charge in [-0.15, -0.1) is 0 Å². The second kappa shape index (κ2) is 15.3. The predicted octanol–water partition coefficient (Wildman–Crippen LogP) is 3.33. The number of ether oxygens (including phenoxy) is 10. The highest BCUT2D eigenvalue weighted by molar-refractivity contribution is 5.96. The first kappa shape index (κ1) is 35.9. The van der Waals surface area contributed by atoms with E-state index in [4.69, 9.17) is 47.4 Å². The van der Waals surface area contributed by atoms with Crippen molar-refractivity contribution in [1.82, 2.24) is 10.6 Å². The fourth-order valence-electron chi connectivity index (χ4n) is 5.79. The lowest BCUT2D eigenvalue weighted by Crippen LogP contribution is -2.56. The van der Waals surface area contributed by atoms with Crippen molar-refractivity contribution in [2.24, 2.45) is 0 Å². The third-order valence-electron chi connectivity index (χ3n) is 7.97. The Morgan fingerprint density at radius 1 is 0.766 bits per heavy atom. The maximum atomic E-state index is 13.5. The molecule has 2 aromatic carbocycles. The number of benzene rings is 2. The van der Waals surface area contributed by atoms with Crippen LogP contribution in [-0.2, 0) is 18.9 Å². The van der Waals surface area contributed by atoms with E-state index in [1.54, 1.807) is 38.1 Å². The van der Waals surface area contributed by atoms with Crippen molar-refractivity contribution in [1.29, 1.82) is 0 Å². The van der Waals surface area contributed by atoms with Crippen molar-refractivity contribution in [3.8, 4) is 34.5 Å². The molecule has 2 N–H and O–H groups in total. The van der Waals surface area contributed by atoms with Crippen LogP contribution in [0.2, 0.25) is 0 Å². The average molecular weight is 663 g/mol. The number of nitrogens with one attached hydrogen (secondary N) is 2. The van der Waals surface area contributed by atoms with E-state index in [0.29, 0.717) is 46.7 Å². The summed E-state index contributed by atoms with van der Waals surface area (Å²) in [5.41, 5.74) is -0.668. The molecule has 2 saturated heterocycles. The van der Waals surface area contributed by atoms with Gasteiger partial charge >= 0.3 is 0 Å². The van der Waals surface area contributed by atoms with Crippen molar-refractivity contribution < 1.29 is 57.0 Å². The summed E-state index contributed by atoms with van der Waals surface area (Å²) in [5.74, 6) is 0.227. The van der Waals surface area contributed by atoms with E-state index >= 15 is 0 Å². The first-order valence-corrected chi connectivity index (χ1v) is 15.3. The smallest absolute Gasteiger partial charge is 0.251 e. The molecule has 0 radical (unpaired) electrons. The van der Waals surface area contributed by atoms with Crippen LogP contribution in [0.15, 0.2) is 24.3 Å². The van der Waals surface area contributed by atoms with Crippen molar-refractivity contribution in [3.63, 3.8) is 0 Å². The maximum Gasteiger partial charge on any atom is 0.251 e. The fourth-order valence-corrected chi connectivity index (χ4v) is 5.79. The van der Waals surface area contributed by atoms with E-state index in [1.807, 2.05) is 0 Å². The zero-order valence-electron chi connectivity index (χ0n) is 28.5. The van der Waals surface area contributed by atoms with E-state index in [1.165, 1.54) is 42.7 Å². The molecule has 14 nitrogen and oxygen atoms in total. The Morgan fingerprint density at radius 3 is 1.70 bits per heavy atom.